The molecule has 0 spiro atoms. The van der Waals surface area contributed by atoms with Gasteiger partial charge in [0.2, 0.25) is 5.43 Å². The fraction of sp³-hybridized carbons (Fsp3) is 0.296. The van der Waals surface area contributed by atoms with Crippen LogP contribution in [0.5, 0.6) is 5.75 Å². The molecular weight excluding hydrogens is 484 g/mol. The zero-order valence-corrected chi connectivity index (χ0v) is 20.1. The molecule has 2 aromatic carbocycles. The third kappa shape index (κ3) is 4.84. The van der Waals surface area contributed by atoms with Gasteiger partial charge in [0, 0.05) is 30.4 Å². The third-order valence-corrected chi connectivity index (χ3v) is 6.58. The van der Waals surface area contributed by atoms with E-state index in [1.54, 1.807) is 4.90 Å². The highest BCUT2D eigenvalue weighted by Gasteiger charge is 2.41. The van der Waals surface area contributed by atoms with Crippen LogP contribution < -0.4 is 15.5 Å². The van der Waals surface area contributed by atoms with E-state index in [4.69, 9.17) is 9.47 Å². The van der Waals surface area contributed by atoms with Gasteiger partial charge in [-0.05, 0) is 25.0 Å². The molecule has 0 aliphatic carbocycles. The van der Waals surface area contributed by atoms with Crippen molar-refractivity contribution in [3.8, 4) is 5.75 Å². The van der Waals surface area contributed by atoms with E-state index in [9.17, 15) is 23.2 Å². The molecule has 2 amide bonds. The van der Waals surface area contributed by atoms with Crippen LogP contribution in [0.2, 0.25) is 0 Å². The largest absolute Gasteiger partial charge is 0.483 e. The molecule has 3 heterocycles. The molecule has 1 saturated heterocycles. The number of nitrogens with one attached hydrogen (secondary N) is 1. The quantitative estimate of drug-likeness (QED) is 0.551. The van der Waals surface area contributed by atoms with Crippen molar-refractivity contribution in [2.24, 2.45) is 0 Å². The van der Waals surface area contributed by atoms with Gasteiger partial charge in [-0.25, -0.2) is 8.78 Å². The second-order valence-electron chi connectivity index (χ2n) is 9.07. The van der Waals surface area contributed by atoms with Crippen LogP contribution in [0.25, 0.3) is 0 Å². The maximum atomic E-state index is 14.0. The Bertz CT molecular complexity index is 1410. The second-order valence-corrected chi connectivity index (χ2v) is 9.07. The molecule has 3 aromatic rings. The Kier molecular flexibility index (Phi) is 6.75. The number of ether oxygens (including phenoxy) is 2. The van der Waals surface area contributed by atoms with Gasteiger partial charge in [0.1, 0.15) is 23.8 Å². The van der Waals surface area contributed by atoms with E-state index in [-0.39, 0.29) is 48.3 Å². The average Bonchev–Trinajstić information content (AvgIpc) is 2.88. The minimum atomic E-state index is -0.816. The minimum Gasteiger partial charge on any atom is -0.483 e. The summed E-state index contributed by atoms with van der Waals surface area (Å²) in [5.74, 6) is -2.97. The highest BCUT2D eigenvalue weighted by atomic mass is 19.1. The minimum absolute atomic E-state index is 0.0116. The molecule has 8 nitrogen and oxygen atoms in total. The van der Waals surface area contributed by atoms with Crippen LogP contribution in [0.1, 0.15) is 45.3 Å². The Morgan fingerprint density at radius 3 is 2.70 bits per heavy atom. The number of pyridine rings is 1. The van der Waals surface area contributed by atoms with Gasteiger partial charge in [-0.2, -0.15) is 0 Å². The third-order valence-electron chi connectivity index (χ3n) is 6.58. The molecule has 10 heteroatoms. The molecule has 0 saturated carbocycles. The number of aromatic nitrogens is 1. The van der Waals surface area contributed by atoms with Crippen molar-refractivity contribution in [2.75, 3.05) is 6.61 Å². The zero-order valence-electron chi connectivity index (χ0n) is 20.1. The van der Waals surface area contributed by atoms with Gasteiger partial charge in [0.05, 0.1) is 13.2 Å². The van der Waals surface area contributed by atoms with Crippen molar-refractivity contribution in [1.29, 1.82) is 0 Å². The molecule has 5 rings (SSSR count). The van der Waals surface area contributed by atoms with Gasteiger partial charge in [-0.15, -0.1) is 0 Å². The summed E-state index contributed by atoms with van der Waals surface area (Å²) in [5.41, 5.74) is -0.131. The molecule has 192 valence electrons. The highest BCUT2D eigenvalue weighted by Crippen LogP contribution is 2.30. The summed E-state index contributed by atoms with van der Waals surface area (Å²) in [7, 11) is 0. The van der Waals surface area contributed by atoms with Crippen LogP contribution in [-0.2, 0) is 24.4 Å². The summed E-state index contributed by atoms with van der Waals surface area (Å²) in [6.07, 6.45) is 1.42. The molecule has 1 fully saturated rings. The fourth-order valence-corrected chi connectivity index (χ4v) is 4.60. The van der Waals surface area contributed by atoms with Gasteiger partial charge in [0.25, 0.3) is 11.8 Å². The van der Waals surface area contributed by atoms with E-state index < -0.39 is 35.1 Å². The summed E-state index contributed by atoms with van der Waals surface area (Å²) >= 11 is 0. The van der Waals surface area contributed by atoms with Crippen molar-refractivity contribution < 1.29 is 27.8 Å². The summed E-state index contributed by atoms with van der Waals surface area (Å²) in [4.78, 5) is 41.7. The maximum Gasteiger partial charge on any atom is 0.276 e. The van der Waals surface area contributed by atoms with Gasteiger partial charge in [0.15, 0.2) is 17.7 Å². The van der Waals surface area contributed by atoms with Gasteiger partial charge < -0.3 is 24.3 Å². The van der Waals surface area contributed by atoms with E-state index in [1.807, 2.05) is 37.3 Å². The second kappa shape index (κ2) is 10.1. The molecule has 1 N–H and O–H groups in total. The van der Waals surface area contributed by atoms with E-state index in [0.29, 0.717) is 19.1 Å². The number of rotatable bonds is 6. The summed E-state index contributed by atoms with van der Waals surface area (Å²) < 4.78 is 40.4. The van der Waals surface area contributed by atoms with Gasteiger partial charge in [-0.3, -0.25) is 14.4 Å². The van der Waals surface area contributed by atoms with Crippen molar-refractivity contribution in [3.05, 3.63) is 99.0 Å². The van der Waals surface area contributed by atoms with E-state index in [1.165, 1.54) is 16.8 Å². The van der Waals surface area contributed by atoms with Crippen LogP contribution in [0.3, 0.4) is 0 Å². The van der Waals surface area contributed by atoms with Crippen LogP contribution >= 0.6 is 0 Å². The van der Waals surface area contributed by atoms with Crippen LogP contribution in [0.15, 0.2) is 59.5 Å². The first-order valence-electron chi connectivity index (χ1n) is 11.9. The number of carbonyl (C=O) groups excluding carboxylic acids is 2. The molecule has 0 bridgehead atoms. The van der Waals surface area contributed by atoms with E-state index >= 15 is 0 Å². The number of hydrogen-bond donors (Lipinski definition) is 1. The van der Waals surface area contributed by atoms with Gasteiger partial charge in [-0.1, -0.05) is 36.4 Å². The van der Waals surface area contributed by atoms with E-state index in [2.05, 4.69) is 5.32 Å². The Labute approximate surface area is 211 Å². The number of fused-ring (bicyclic) bond motifs is 2. The normalized spacial score (nSPS) is 18.7. The van der Waals surface area contributed by atoms with Gasteiger partial charge >= 0.3 is 0 Å². The highest BCUT2D eigenvalue weighted by molar-refractivity contribution is 5.99. The predicted octanol–water partition coefficient (Wildman–Crippen LogP) is 3.23. The number of halogens is 2. The molecule has 2 aliphatic rings. The van der Waals surface area contributed by atoms with Crippen LogP contribution in [0.4, 0.5) is 8.78 Å². The van der Waals surface area contributed by atoms with Crippen molar-refractivity contribution in [1.82, 2.24) is 14.8 Å². The number of nitrogens with zero attached hydrogens (tertiary/aromatic N) is 2. The smallest absolute Gasteiger partial charge is 0.276 e. The lowest BCUT2D eigenvalue weighted by atomic mass is 10.1. The van der Waals surface area contributed by atoms with E-state index in [0.717, 1.165) is 11.6 Å². The molecule has 0 unspecified atom stereocenters. The summed E-state index contributed by atoms with van der Waals surface area (Å²) in [6, 6.07) is 12.0. The predicted molar refractivity (Wildman–Crippen MR) is 129 cm³/mol. The first-order chi connectivity index (χ1) is 17.8. The molecule has 2 aliphatic heterocycles. The molecule has 0 radical (unpaired) electrons. The Balaban J connectivity index is 1.50. The Morgan fingerprint density at radius 1 is 1.16 bits per heavy atom. The summed E-state index contributed by atoms with van der Waals surface area (Å²) in [6.45, 7) is 2.36. The van der Waals surface area contributed by atoms with Crippen molar-refractivity contribution >= 4 is 11.8 Å². The Morgan fingerprint density at radius 2 is 1.95 bits per heavy atom. The van der Waals surface area contributed by atoms with Crippen LogP contribution in [0, 0.1) is 11.6 Å². The number of hydrogen-bond acceptors (Lipinski definition) is 5. The monoisotopic (exact) mass is 509 g/mol. The number of amides is 2. The zero-order chi connectivity index (χ0) is 26.1. The average molecular weight is 510 g/mol. The topological polar surface area (TPSA) is 89.9 Å². The van der Waals surface area contributed by atoms with Crippen LogP contribution in [-0.4, -0.2) is 40.2 Å². The first kappa shape index (κ1) is 24.6. The first-order valence-corrected chi connectivity index (χ1v) is 11.9. The SMILES string of the molecule is C[C@H]1CCO[C@H]2Cn3cc(C(=O)NCc4ccc(F)cc4F)c(=O)c(OCc4ccccc4)c3C(=O)N21. The molecule has 2 atom stereocenters. The standard InChI is InChI=1S/C27H25F2N3O5/c1-16-9-10-36-22-14-31-13-20(26(34)30-12-18-7-8-19(28)11-21(18)29)24(33)25(23(31)27(35)32(16)22)37-15-17-5-3-2-4-6-17/h2-8,11,13,16,22H,9-10,12,14-15H2,1H3,(H,30,34)/t16-,22-/m0/s1. The molecule has 37 heavy (non-hydrogen) atoms. The maximum absolute atomic E-state index is 14.0. The lowest BCUT2D eigenvalue weighted by Crippen LogP contribution is -2.57. The lowest BCUT2D eigenvalue weighted by molar-refractivity contribution is -0.112. The molecular formula is C27H25F2N3O5. The Hall–Kier alpha value is -4.05. The number of benzene rings is 2. The summed E-state index contributed by atoms with van der Waals surface area (Å²) in [5, 5.41) is 2.50. The van der Waals surface area contributed by atoms with Crippen molar-refractivity contribution in [2.45, 2.75) is 45.3 Å². The lowest BCUT2D eigenvalue weighted by Gasteiger charge is -2.44. The fourth-order valence-electron chi connectivity index (χ4n) is 4.60. The van der Waals surface area contributed by atoms with Crippen molar-refractivity contribution in [3.63, 3.8) is 0 Å². The molecule has 1 aromatic heterocycles. The number of carbonyl (C=O) groups is 2.